The van der Waals surface area contributed by atoms with Gasteiger partial charge in [0.15, 0.2) is 6.61 Å². The zero-order valence-electron chi connectivity index (χ0n) is 15.8. The van der Waals surface area contributed by atoms with E-state index in [0.29, 0.717) is 5.69 Å². The van der Waals surface area contributed by atoms with Crippen molar-refractivity contribution in [1.82, 2.24) is 5.32 Å². The van der Waals surface area contributed by atoms with Crippen LogP contribution in [0.2, 0.25) is 0 Å². The molecule has 29 heavy (non-hydrogen) atoms. The summed E-state index contributed by atoms with van der Waals surface area (Å²) in [6, 6.07) is 10.5. The van der Waals surface area contributed by atoms with Gasteiger partial charge in [0.2, 0.25) is 5.91 Å². The van der Waals surface area contributed by atoms with Gasteiger partial charge in [0.05, 0.1) is 12.1 Å². The van der Waals surface area contributed by atoms with Gasteiger partial charge in [-0.15, -0.1) is 0 Å². The Kier molecular flexibility index (Phi) is 7.64. The van der Waals surface area contributed by atoms with E-state index in [4.69, 9.17) is 4.74 Å². The maximum atomic E-state index is 12.2. The van der Waals surface area contributed by atoms with Crippen LogP contribution in [-0.2, 0) is 14.3 Å². The highest BCUT2D eigenvalue weighted by Crippen LogP contribution is 2.18. The van der Waals surface area contributed by atoms with Crippen LogP contribution < -0.4 is 15.4 Å². The Morgan fingerprint density at radius 2 is 1.76 bits per heavy atom. The summed E-state index contributed by atoms with van der Waals surface area (Å²) in [6.45, 7) is -0.181. The van der Waals surface area contributed by atoms with Crippen LogP contribution in [0.3, 0.4) is 0 Å². The van der Waals surface area contributed by atoms with Crippen molar-refractivity contribution in [1.29, 1.82) is 0 Å². The Labute approximate surface area is 166 Å². The SMILES string of the molecule is Cc1cccc(NC(=O)CNC(=O)COC(=O)c2cccc(OC(F)F)c2)c1C. The van der Waals surface area contributed by atoms with Crippen molar-refractivity contribution < 1.29 is 32.6 Å². The Balaban J connectivity index is 1.78. The van der Waals surface area contributed by atoms with Crippen LogP contribution in [-0.4, -0.2) is 37.5 Å². The standard InChI is InChI=1S/C20H20F2N2O5/c1-12-5-3-8-16(13(12)2)24-17(25)10-23-18(26)11-28-19(27)14-6-4-7-15(9-14)29-20(21)22/h3-9,20H,10-11H2,1-2H3,(H,23,26)(H,24,25). The number of nitrogens with one attached hydrogen (secondary N) is 2. The minimum atomic E-state index is -3.03. The Bertz CT molecular complexity index is 902. The lowest BCUT2D eigenvalue weighted by atomic mass is 10.1. The fraction of sp³-hybridized carbons (Fsp3) is 0.250. The summed E-state index contributed by atoms with van der Waals surface area (Å²) in [5.74, 6) is -2.22. The third-order valence-corrected chi connectivity index (χ3v) is 3.95. The Hall–Kier alpha value is -3.49. The lowest BCUT2D eigenvalue weighted by Gasteiger charge is -2.11. The number of aryl methyl sites for hydroxylation is 1. The van der Waals surface area contributed by atoms with Gasteiger partial charge in [0.1, 0.15) is 5.75 Å². The number of alkyl halides is 2. The summed E-state index contributed by atoms with van der Waals surface area (Å²) in [6.07, 6.45) is 0. The first-order valence-electron chi connectivity index (χ1n) is 8.61. The van der Waals surface area contributed by atoms with Crippen molar-refractivity contribution >= 4 is 23.5 Å². The monoisotopic (exact) mass is 406 g/mol. The maximum absolute atomic E-state index is 12.2. The van der Waals surface area contributed by atoms with Crippen molar-refractivity contribution in [3.8, 4) is 5.75 Å². The fourth-order valence-electron chi connectivity index (χ4n) is 2.32. The van der Waals surface area contributed by atoms with Crippen LogP contribution in [0.15, 0.2) is 42.5 Å². The third kappa shape index (κ3) is 6.87. The maximum Gasteiger partial charge on any atom is 0.387 e. The van der Waals surface area contributed by atoms with Gasteiger partial charge in [-0.05, 0) is 49.2 Å². The number of carbonyl (C=O) groups is 3. The molecule has 0 unspecified atom stereocenters. The molecule has 0 aliphatic rings. The molecule has 0 heterocycles. The molecular weight excluding hydrogens is 386 g/mol. The summed E-state index contributed by atoms with van der Waals surface area (Å²) >= 11 is 0. The molecule has 7 nitrogen and oxygen atoms in total. The van der Waals surface area contributed by atoms with Gasteiger partial charge in [-0.3, -0.25) is 9.59 Å². The highest BCUT2D eigenvalue weighted by atomic mass is 19.3. The summed E-state index contributed by atoms with van der Waals surface area (Å²) in [4.78, 5) is 35.6. The van der Waals surface area contributed by atoms with Crippen LogP contribution in [0.25, 0.3) is 0 Å². The molecule has 2 aromatic carbocycles. The molecule has 2 rings (SSSR count). The average molecular weight is 406 g/mol. The van der Waals surface area contributed by atoms with Gasteiger partial charge in [0.25, 0.3) is 5.91 Å². The molecule has 9 heteroatoms. The lowest BCUT2D eigenvalue weighted by Crippen LogP contribution is -2.35. The van der Waals surface area contributed by atoms with E-state index in [9.17, 15) is 23.2 Å². The molecular formula is C20H20F2N2O5. The molecule has 2 N–H and O–H groups in total. The van der Waals surface area contributed by atoms with Crippen LogP contribution >= 0.6 is 0 Å². The predicted octanol–water partition coefficient (Wildman–Crippen LogP) is 2.82. The smallest absolute Gasteiger partial charge is 0.387 e. The molecule has 0 spiro atoms. The number of esters is 1. The number of rotatable bonds is 8. The molecule has 0 bridgehead atoms. The van der Waals surface area contributed by atoms with E-state index in [1.54, 1.807) is 12.1 Å². The first-order chi connectivity index (χ1) is 13.8. The number of halogens is 2. The highest BCUT2D eigenvalue weighted by Gasteiger charge is 2.13. The molecule has 0 saturated heterocycles. The summed E-state index contributed by atoms with van der Waals surface area (Å²) < 4.78 is 33.4. The van der Waals surface area contributed by atoms with Crippen molar-refractivity contribution in [2.45, 2.75) is 20.5 Å². The van der Waals surface area contributed by atoms with Crippen LogP contribution in [0.4, 0.5) is 14.5 Å². The van der Waals surface area contributed by atoms with Gasteiger partial charge in [-0.25, -0.2) is 4.79 Å². The van der Waals surface area contributed by atoms with E-state index >= 15 is 0 Å². The zero-order chi connectivity index (χ0) is 21.4. The molecule has 0 atom stereocenters. The number of carbonyl (C=O) groups excluding carboxylic acids is 3. The Morgan fingerprint density at radius 3 is 2.48 bits per heavy atom. The largest absolute Gasteiger partial charge is 0.452 e. The normalized spacial score (nSPS) is 10.4. The lowest BCUT2D eigenvalue weighted by molar-refractivity contribution is -0.126. The van der Waals surface area contributed by atoms with Gasteiger partial charge in [-0.1, -0.05) is 18.2 Å². The van der Waals surface area contributed by atoms with Crippen molar-refractivity contribution in [3.05, 3.63) is 59.2 Å². The zero-order valence-corrected chi connectivity index (χ0v) is 15.8. The third-order valence-electron chi connectivity index (χ3n) is 3.95. The number of amides is 2. The highest BCUT2D eigenvalue weighted by molar-refractivity contribution is 5.96. The first-order valence-corrected chi connectivity index (χ1v) is 8.61. The summed E-state index contributed by atoms with van der Waals surface area (Å²) in [5.41, 5.74) is 2.52. The van der Waals surface area contributed by atoms with Crippen molar-refractivity contribution in [3.63, 3.8) is 0 Å². The molecule has 0 fully saturated rings. The molecule has 0 aliphatic heterocycles. The van der Waals surface area contributed by atoms with Crippen LogP contribution in [0, 0.1) is 13.8 Å². The number of hydrogen-bond donors (Lipinski definition) is 2. The number of benzene rings is 2. The minimum absolute atomic E-state index is 0.0522. The molecule has 2 aromatic rings. The van der Waals surface area contributed by atoms with Crippen molar-refractivity contribution in [2.75, 3.05) is 18.5 Å². The van der Waals surface area contributed by atoms with Gasteiger partial charge >= 0.3 is 12.6 Å². The molecule has 154 valence electrons. The molecule has 0 aliphatic carbocycles. The van der Waals surface area contributed by atoms with Crippen LogP contribution in [0.5, 0.6) is 5.75 Å². The first kappa shape index (κ1) is 21.8. The van der Waals surface area contributed by atoms with Crippen molar-refractivity contribution in [2.24, 2.45) is 0 Å². The molecule has 0 aromatic heterocycles. The van der Waals surface area contributed by atoms with Gasteiger partial charge < -0.3 is 20.1 Å². The van der Waals surface area contributed by atoms with Gasteiger partial charge in [-0.2, -0.15) is 8.78 Å². The molecule has 0 radical (unpaired) electrons. The van der Waals surface area contributed by atoms with E-state index in [2.05, 4.69) is 15.4 Å². The number of ether oxygens (including phenoxy) is 2. The second-order valence-corrected chi connectivity index (χ2v) is 6.05. The van der Waals surface area contributed by atoms with Gasteiger partial charge in [0, 0.05) is 5.69 Å². The second kappa shape index (κ2) is 10.2. The van der Waals surface area contributed by atoms with E-state index in [0.717, 1.165) is 17.2 Å². The number of anilines is 1. The van der Waals surface area contributed by atoms with E-state index in [1.807, 2.05) is 19.9 Å². The molecule has 2 amide bonds. The van der Waals surface area contributed by atoms with E-state index in [-0.39, 0.29) is 17.9 Å². The topological polar surface area (TPSA) is 93.7 Å². The molecule has 0 saturated carbocycles. The fourth-order valence-corrected chi connectivity index (χ4v) is 2.32. The minimum Gasteiger partial charge on any atom is -0.452 e. The Morgan fingerprint density at radius 1 is 1.03 bits per heavy atom. The van der Waals surface area contributed by atoms with E-state index < -0.39 is 31.0 Å². The second-order valence-electron chi connectivity index (χ2n) is 6.05. The quantitative estimate of drug-likeness (QED) is 0.658. The van der Waals surface area contributed by atoms with Crippen LogP contribution in [0.1, 0.15) is 21.5 Å². The summed E-state index contributed by atoms with van der Waals surface area (Å²) in [5, 5.41) is 5.01. The summed E-state index contributed by atoms with van der Waals surface area (Å²) in [7, 11) is 0. The predicted molar refractivity (Wildman–Crippen MR) is 101 cm³/mol. The average Bonchev–Trinajstić information content (AvgIpc) is 2.67. The number of hydrogen-bond acceptors (Lipinski definition) is 5. The van der Waals surface area contributed by atoms with E-state index in [1.165, 1.54) is 18.2 Å².